The Morgan fingerprint density at radius 3 is 2.42 bits per heavy atom. The van der Waals surface area contributed by atoms with Gasteiger partial charge in [-0.15, -0.1) is 11.8 Å². The lowest BCUT2D eigenvalue weighted by molar-refractivity contribution is 0.0502. The van der Waals surface area contributed by atoms with Gasteiger partial charge >= 0.3 is 13.6 Å². The number of carbonyl (C=O) groups excluding carboxylic acids is 1. The fourth-order valence-electron chi connectivity index (χ4n) is 1.96. The minimum absolute atomic E-state index is 0.0507. The molecule has 0 aliphatic heterocycles. The third-order valence-corrected chi connectivity index (χ3v) is 6.73. The molecular weight excluding hydrogens is 354 g/mol. The lowest BCUT2D eigenvalue weighted by atomic mass is 10.1. The lowest BCUT2D eigenvalue weighted by Gasteiger charge is -2.17. The van der Waals surface area contributed by atoms with E-state index in [0.717, 1.165) is 11.8 Å². The average molecular weight is 378 g/mol. The average Bonchev–Trinajstić information content (AvgIpc) is 2.57. The van der Waals surface area contributed by atoms with Crippen molar-refractivity contribution in [2.24, 2.45) is 0 Å². The van der Waals surface area contributed by atoms with Gasteiger partial charge in [-0.1, -0.05) is 13.0 Å². The first-order valence-corrected chi connectivity index (χ1v) is 10.6. The molecule has 0 unspecified atom stereocenters. The van der Waals surface area contributed by atoms with E-state index in [1.165, 1.54) is 6.07 Å². The summed E-state index contributed by atoms with van der Waals surface area (Å²) in [6.07, 6.45) is 0.692. The maximum Gasteiger partial charge on any atom is 0.340 e. The van der Waals surface area contributed by atoms with Gasteiger partial charge in [-0.05, 0) is 32.4 Å². The summed E-state index contributed by atoms with van der Waals surface area (Å²) < 4.78 is 41.5. The Morgan fingerprint density at radius 1 is 1.21 bits per heavy atom. The Balaban J connectivity index is 2.95. The topological polar surface area (TPSA) is 61.8 Å². The number of alkyl halides is 1. The van der Waals surface area contributed by atoms with Gasteiger partial charge in [0.25, 0.3) is 0 Å². The number of hydrogen-bond donors (Lipinski definition) is 0. The highest BCUT2D eigenvalue weighted by molar-refractivity contribution is 8.04. The normalized spacial score (nSPS) is 11.5. The number of rotatable bonds is 11. The number of esters is 1. The monoisotopic (exact) mass is 378 g/mol. The van der Waals surface area contributed by atoms with Crippen molar-refractivity contribution in [3.63, 3.8) is 0 Å². The SMILES string of the molecule is CCCOC(=O)c1cccc(SCP(=O)(OCC)OCC)c1CF. The Morgan fingerprint density at radius 2 is 1.88 bits per heavy atom. The molecule has 0 aromatic heterocycles. The zero-order valence-electron chi connectivity index (χ0n) is 14.2. The van der Waals surface area contributed by atoms with E-state index in [2.05, 4.69) is 0 Å². The second-order valence-corrected chi connectivity index (χ2v) is 8.27. The molecule has 0 aliphatic carbocycles. The predicted octanol–water partition coefficient (Wildman–Crippen LogP) is 5.04. The quantitative estimate of drug-likeness (QED) is 0.305. The van der Waals surface area contributed by atoms with Crippen LogP contribution in [0.2, 0.25) is 0 Å². The first-order valence-electron chi connectivity index (χ1n) is 7.87. The fourth-order valence-corrected chi connectivity index (χ4v) is 5.12. The molecule has 1 aromatic carbocycles. The summed E-state index contributed by atoms with van der Waals surface area (Å²) in [6, 6.07) is 4.86. The van der Waals surface area contributed by atoms with E-state index in [1.807, 2.05) is 6.92 Å². The van der Waals surface area contributed by atoms with Crippen LogP contribution in [-0.4, -0.2) is 31.3 Å². The van der Waals surface area contributed by atoms with Crippen LogP contribution in [0.15, 0.2) is 23.1 Å². The Bertz CT molecular complexity index is 572. The molecule has 0 fully saturated rings. The van der Waals surface area contributed by atoms with Crippen LogP contribution in [0.3, 0.4) is 0 Å². The van der Waals surface area contributed by atoms with Gasteiger partial charge in [0.2, 0.25) is 0 Å². The largest absolute Gasteiger partial charge is 0.462 e. The standard InChI is InChI=1S/C16H24FO5PS/c1-4-10-20-16(18)13-8-7-9-15(14(13)11-17)24-12-23(19,21-5-2)22-6-3/h7-9H,4-6,10-12H2,1-3H3. The summed E-state index contributed by atoms with van der Waals surface area (Å²) in [5, 5.41) is 0. The lowest BCUT2D eigenvalue weighted by Crippen LogP contribution is -2.09. The predicted molar refractivity (Wildman–Crippen MR) is 93.4 cm³/mol. The summed E-state index contributed by atoms with van der Waals surface area (Å²) in [5.41, 5.74) is 0.483. The summed E-state index contributed by atoms with van der Waals surface area (Å²) in [4.78, 5) is 12.6. The molecule has 8 heteroatoms. The smallest absolute Gasteiger partial charge is 0.340 e. The molecule has 0 aliphatic rings. The molecule has 1 aromatic rings. The van der Waals surface area contributed by atoms with Crippen LogP contribution < -0.4 is 0 Å². The number of thioether (sulfide) groups is 1. The molecule has 24 heavy (non-hydrogen) atoms. The van der Waals surface area contributed by atoms with Gasteiger partial charge in [-0.25, -0.2) is 9.18 Å². The first-order chi connectivity index (χ1) is 11.5. The fraction of sp³-hybridized carbons (Fsp3) is 0.562. The Kier molecular flexibility index (Phi) is 9.59. The number of benzene rings is 1. The van der Waals surface area contributed by atoms with Crippen molar-refractivity contribution in [1.29, 1.82) is 0 Å². The van der Waals surface area contributed by atoms with Crippen molar-refractivity contribution in [2.45, 2.75) is 38.8 Å². The van der Waals surface area contributed by atoms with Gasteiger partial charge in [0.15, 0.2) is 0 Å². The van der Waals surface area contributed by atoms with Crippen LogP contribution in [0.25, 0.3) is 0 Å². The second-order valence-electron chi connectivity index (χ2n) is 4.77. The maximum atomic E-state index is 13.5. The van der Waals surface area contributed by atoms with Gasteiger partial charge in [0.05, 0.1) is 25.4 Å². The number of carbonyl (C=O) groups is 1. The van der Waals surface area contributed by atoms with Crippen molar-refractivity contribution in [1.82, 2.24) is 0 Å². The van der Waals surface area contributed by atoms with Crippen molar-refractivity contribution < 1.29 is 27.5 Å². The van der Waals surface area contributed by atoms with E-state index in [0.29, 0.717) is 11.3 Å². The molecule has 0 heterocycles. The molecule has 1 rings (SSSR count). The second kappa shape index (κ2) is 10.9. The molecule has 0 amide bonds. The summed E-state index contributed by atoms with van der Waals surface area (Å²) in [6.45, 7) is 5.34. The molecule has 0 saturated carbocycles. The van der Waals surface area contributed by atoms with Gasteiger partial charge in [0, 0.05) is 10.5 Å². The van der Waals surface area contributed by atoms with Crippen molar-refractivity contribution >= 4 is 25.3 Å². The number of ether oxygens (including phenoxy) is 1. The van der Waals surface area contributed by atoms with E-state index in [4.69, 9.17) is 13.8 Å². The molecule has 0 radical (unpaired) electrons. The van der Waals surface area contributed by atoms with Gasteiger partial charge < -0.3 is 13.8 Å². The number of hydrogen-bond acceptors (Lipinski definition) is 6. The highest BCUT2D eigenvalue weighted by atomic mass is 32.2. The molecule has 0 saturated heterocycles. The van der Waals surface area contributed by atoms with Crippen LogP contribution in [0, 0.1) is 0 Å². The summed E-state index contributed by atoms with van der Waals surface area (Å²) >= 11 is 1.15. The van der Waals surface area contributed by atoms with Crippen molar-refractivity contribution in [3.8, 4) is 0 Å². The van der Waals surface area contributed by atoms with E-state index in [1.54, 1.807) is 26.0 Å². The van der Waals surface area contributed by atoms with Crippen LogP contribution >= 0.6 is 19.4 Å². The molecule has 0 bridgehead atoms. The molecular formula is C16H24FO5PS. The van der Waals surface area contributed by atoms with E-state index >= 15 is 0 Å². The minimum Gasteiger partial charge on any atom is -0.462 e. The van der Waals surface area contributed by atoms with Gasteiger partial charge in [0.1, 0.15) is 12.2 Å². The number of halogens is 1. The van der Waals surface area contributed by atoms with Crippen LogP contribution in [-0.2, 0) is 25.0 Å². The highest BCUT2D eigenvalue weighted by Gasteiger charge is 2.25. The minimum atomic E-state index is -3.25. The zero-order chi connectivity index (χ0) is 18.0. The summed E-state index contributed by atoms with van der Waals surface area (Å²) in [7, 11) is -3.25. The third-order valence-electron chi connectivity index (χ3n) is 2.95. The first kappa shape index (κ1) is 21.2. The van der Waals surface area contributed by atoms with Crippen molar-refractivity contribution in [3.05, 3.63) is 29.3 Å². The van der Waals surface area contributed by atoms with E-state index in [9.17, 15) is 13.8 Å². The molecule has 0 spiro atoms. The van der Waals surface area contributed by atoms with Crippen LogP contribution in [0.5, 0.6) is 0 Å². The maximum absolute atomic E-state index is 13.5. The Hall–Kier alpha value is -0.880. The van der Waals surface area contributed by atoms with Crippen LogP contribution in [0.4, 0.5) is 4.39 Å². The Labute approximate surface area is 146 Å². The molecule has 0 atom stereocenters. The van der Waals surface area contributed by atoms with Crippen molar-refractivity contribution in [2.75, 3.05) is 25.3 Å². The summed E-state index contributed by atoms with van der Waals surface area (Å²) in [5.74, 6) is -0.551. The molecule has 0 N–H and O–H groups in total. The third kappa shape index (κ3) is 6.20. The highest BCUT2D eigenvalue weighted by Crippen LogP contribution is 2.52. The van der Waals surface area contributed by atoms with Crippen LogP contribution in [0.1, 0.15) is 43.1 Å². The molecule has 5 nitrogen and oxygen atoms in total. The molecule has 136 valence electrons. The van der Waals surface area contributed by atoms with Gasteiger partial charge in [-0.2, -0.15) is 0 Å². The van der Waals surface area contributed by atoms with Gasteiger partial charge in [-0.3, -0.25) is 4.57 Å². The van der Waals surface area contributed by atoms with E-state index in [-0.39, 0.29) is 36.4 Å². The zero-order valence-corrected chi connectivity index (χ0v) is 16.0. The van der Waals surface area contributed by atoms with E-state index < -0.39 is 20.2 Å².